The van der Waals surface area contributed by atoms with Crippen molar-refractivity contribution in [3.8, 4) is 6.07 Å². The standard InChI is InChI=1S/C12H13N3O3/c1-8-9(5-13)4-10(6-14-8)15-7-11(2-3-16)18-12(15)17/h4,6,11,16H,2-3,7H2,1H3. The zero-order chi connectivity index (χ0) is 13.1. The number of pyridine rings is 1. The molecule has 1 atom stereocenters. The smallest absolute Gasteiger partial charge is 0.414 e. The van der Waals surface area contributed by atoms with E-state index in [-0.39, 0.29) is 12.7 Å². The Morgan fingerprint density at radius 3 is 3.17 bits per heavy atom. The van der Waals surface area contributed by atoms with Crippen LogP contribution in [0.1, 0.15) is 17.7 Å². The van der Waals surface area contributed by atoms with E-state index in [2.05, 4.69) is 4.98 Å². The van der Waals surface area contributed by atoms with Gasteiger partial charge in [0.05, 0.1) is 29.7 Å². The molecule has 2 heterocycles. The van der Waals surface area contributed by atoms with E-state index in [1.54, 1.807) is 19.2 Å². The Morgan fingerprint density at radius 1 is 1.72 bits per heavy atom. The lowest BCUT2D eigenvalue weighted by Gasteiger charge is -2.13. The maximum absolute atomic E-state index is 11.7. The fraction of sp³-hybridized carbons (Fsp3) is 0.417. The van der Waals surface area contributed by atoms with Gasteiger partial charge in [-0.3, -0.25) is 9.88 Å². The highest BCUT2D eigenvalue weighted by Crippen LogP contribution is 2.23. The van der Waals surface area contributed by atoms with Crippen LogP contribution >= 0.6 is 0 Å². The first-order valence-corrected chi connectivity index (χ1v) is 5.61. The molecule has 0 bridgehead atoms. The van der Waals surface area contributed by atoms with E-state index >= 15 is 0 Å². The number of aryl methyl sites for hydroxylation is 1. The molecule has 2 rings (SSSR count). The van der Waals surface area contributed by atoms with Crippen LogP contribution in [0.3, 0.4) is 0 Å². The van der Waals surface area contributed by atoms with Crippen LogP contribution in [-0.2, 0) is 4.74 Å². The molecule has 1 aromatic heterocycles. The van der Waals surface area contributed by atoms with Crippen molar-refractivity contribution in [1.82, 2.24) is 4.98 Å². The summed E-state index contributed by atoms with van der Waals surface area (Å²) in [4.78, 5) is 17.2. The predicted octanol–water partition coefficient (Wildman–Crippen LogP) is 0.969. The van der Waals surface area contributed by atoms with Gasteiger partial charge in [0.15, 0.2) is 0 Å². The number of rotatable bonds is 3. The number of nitrogens with zero attached hydrogens (tertiary/aromatic N) is 3. The van der Waals surface area contributed by atoms with Crippen LogP contribution in [0.15, 0.2) is 12.3 Å². The monoisotopic (exact) mass is 247 g/mol. The molecule has 18 heavy (non-hydrogen) atoms. The summed E-state index contributed by atoms with van der Waals surface area (Å²) >= 11 is 0. The largest absolute Gasteiger partial charge is 0.444 e. The van der Waals surface area contributed by atoms with Gasteiger partial charge < -0.3 is 9.84 Å². The fourth-order valence-electron chi connectivity index (χ4n) is 1.81. The highest BCUT2D eigenvalue weighted by atomic mass is 16.6. The third kappa shape index (κ3) is 2.26. The predicted molar refractivity (Wildman–Crippen MR) is 63.0 cm³/mol. The summed E-state index contributed by atoms with van der Waals surface area (Å²) < 4.78 is 5.09. The summed E-state index contributed by atoms with van der Waals surface area (Å²) in [6.07, 6.45) is 1.17. The molecule has 1 N–H and O–H groups in total. The van der Waals surface area contributed by atoms with Crippen molar-refractivity contribution in [2.24, 2.45) is 0 Å². The lowest BCUT2D eigenvalue weighted by Crippen LogP contribution is -2.25. The van der Waals surface area contributed by atoms with Gasteiger partial charge in [0.1, 0.15) is 12.2 Å². The van der Waals surface area contributed by atoms with Crippen molar-refractivity contribution in [1.29, 1.82) is 5.26 Å². The Labute approximate surface area is 104 Å². The van der Waals surface area contributed by atoms with Gasteiger partial charge in [-0.2, -0.15) is 5.26 Å². The summed E-state index contributed by atoms with van der Waals surface area (Å²) in [6.45, 7) is 2.08. The number of anilines is 1. The Kier molecular flexibility index (Phi) is 3.44. The van der Waals surface area contributed by atoms with Crippen LogP contribution < -0.4 is 4.90 Å². The number of carbonyl (C=O) groups excluding carboxylic acids is 1. The van der Waals surface area contributed by atoms with E-state index in [0.717, 1.165) is 0 Å². The van der Waals surface area contributed by atoms with Gasteiger partial charge in [0.2, 0.25) is 0 Å². The normalized spacial score (nSPS) is 18.6. The van der Waals surface area contributed by atoms with Gasteiger partial charge in [-0.15, -0.1) is 0 Å². The van der Waals surface area contributed by atoms with Gasteiger partial charge in [-0.1, -0.05) is 0 Å². The molecule has 0 saturated carbocycles. The van der Waals surface area contributed by atoms with Crippen molar-refractivity contribution in [3.63, 3.8) is 0 Å². The number of nitriles is 1. The van der Waals surface area contributed by atoms with Crippen LogP contribution in [0.5, 0.6) is 0 Å². The molecule has 1 aliphatic heterocycles. The molecule has 0 aromatic carbocycles. The molecule has 6 heteroatoms. The molecule has 0 radical (unpaired) electrons. The van der Waals surface area contributed by atoms with E-state index in [1.807, 2.05) is 6.07 Å². The lowest BCUT2D eigenvalue weighted by atomic mass is 10.2. The van der Waals surface area contributed by atoms with Gasteiger partial charge in [-0.05, 0) is 13.0 Å². The summed E-state index contributed by atoms with van der Waals surface area (Å²) in [5, 5.41) is 17.8. The Hall–Kier alpha value is -2.13. The molecule has 1 aliphatic rings. The second-order valence-corrected chi connectivity index (χ2v) is 4.07. The minimum Gasteiger partial charge on any atom is -0.444 e. The van der Waals surface area contributed by atoms with E-state index in [4.69, 9.17) is 15.1 Å². The number of aliphatic hydroxyl groups is 1. The first-order chi connectivity index (χ1) is 8.65. The number of ether oxygens (including phenoxy) is 1. The Balaban J connectivity index is 2.22. The molecular weight excluding hydrogens is 234 g/mol. The van der Waals surface area contributed by atoms with Gasteiger partial charge in [0.25, 0.3) is 0 Å². The first-order valence-electron chi connectivity index (χ1n) is 5.61. The second-order valence-electron chi connectivity index (χ2n) is 4.07. The Bertz CT molecular complexity index is 510. The molecule has 1 saturated heterocycles. The van der Waals surface area contributed by atoms with Gasteiger partial charge in [0, 0.05) is 13.0 Å². The minimum atomic E-state index is -0.469. The van der Waals surface area contributed by atoms with Crippen LogP contribution in [0.4, 0.5) is 10.5 Å². The number of hydrogen-bond donors (Lipinski definition) is 1. The van der Waals surface area contributed by atoms with E-state index in [9.17, 15) is 4.79 Å². The van der Waals surface area contributed by atoms with Crippen molar-refractivity contribution in [3.05, 3.63) is 23.5 Å². The SMILES string of the molecule is Cc1ncc(N2CC(CCO)OC2=O)cc1C#N. The van der Waals surface area contributed by atoms with Crippen molar-refractivity contribution in [2.75, 3.05) is 18.1 Å². The first kappa shape index (κ1) is 12.3. The zero-order valence-electron chi connectivity index (χ0n) is 9.96. The number of cyclic esters (lactones) is 1. The summed E-state index contributed by atoms with van der Waals surface area (Å²) in [5.74, 6) is 0. The average Bonchev–Trinajstić information content (AvgIpc) is 2.71. The fourth-order valence-corrected chi connectivity index (χ4v) is 1.81. The highest BCUT2D eigenvalue weighted by molar-refractivity contribution is 5.89. The number of hydrogen-bond acceptors (Lipinski definition) is 5. The molecule has 6 nitrogen and oxygen atoms in total. The van der Waals surface area contributed by atoms with Crippen LogP contribution in [0, 0.1) is 18.3 Å². The van der Waals surface area contributed by atoms with E-state index in [0.29, 0.717) is 29.9 Å². The number of amides is 1. The molecule has 94 valence electrons. The molecule has 1 fully saturated rings. The second kappa shape index (κ2) is 5.02. The minimum absolute atomic E-state index is 0.0264. The highest BCUT2D eigenvalue weighted by Gasteiger charge is 2.32. The van der Waals surface area contributed by atoms with Gasteiger partial charge in [-0.25, -0.2) is 4.79 Å². The zero-order valence-corrected chi connectivity index (χ0v) is 9.96. The van der Waals surface area contributed by atoms with Crippen LogP contribution in [-0.4, -0.2) is 35.4 Å². The topological polar surface area (TPSA) is 86.5 Å². The summed E-state index contributed by atoms with van der Waals surface area (Å²) in [7, 11) is 0. The molecule has 1 unspecified atom stereocenters. The molecular formula is C12H13N3O3. The third-order valence-corrected chi connectivity index (χ3v) is 2.83. The molecule has 1 amide bonds. The lowest BCUT2D eigenvalue weighted by molar-refractivity contribution is 0.122. The maximum Gasteiger partial charge on any atom is 0.414 e. The van der Waals surface area contributed by atoms with E-state index in [1.165, 1.54) is 4.90 Å². The number of carbonyl (C=O) groups is 1. The van der Waals surface area contributed by atoms with Gasteiger partial charge >= 0.3 is 6.09 Å². The summed E-state index contributed by atoms with van der Waals surface area (Å²) in [5.41, 5.74) is 1.61. The van der Waals surface area contributed by atoms with Crippen LogP contribution in [0.2, 0.25) is 0 Å². The van der Waals surface area contributed by atoms with Crippen molar-refractivity contribution < 1.29 is 14.6 Å². The van der Waals surface area contributed by atoms with E-state index < -0.39 is 6.09 Å². The maximum atomic E-state index is 11.7. The third-order valence-electron chi connectivity index (χ3n) is 2.83. The van der Waals surface area contributed by atoms with Crippen LogP contribution in [0.25, 0.3) is 0 Å². The van der Waals surface area contributed by atoms with Crippen molar-refractivity contribution >= 4 is 11.8 Å². The number of aromatic nitrogens is 1. The average molecular weight is 247 g/mol. The molecule has 1 aromatic rings. The summed E-state index contributed by atoms with van der Waals surface area (Å²) in [6, 6.07) is 3.65. The quantitative estimate of drug-likeness (QED) is 0.860. The Morgan fingerprint density at radius 2 is 2.50 bits per heavy atom. The molecule has 0 spiro atoms. The molecule has 0 aliphatic carbocycles. The number of aliphatic hydroxyl groups excluding tert-OH is 1. The van der Waals surface area contributed by atoms with Crippen molar-refractivity contribution in [2.45, 2.75) is 19.4 Å².